The number of fused-ring (bicyclic) bond motifs is 1. The standard InChI is InChI=1S/C24H21N3O2S2/c1-15-2-7-20-21(12-15)31-24(27-20)16-3-5-18(6-4-16)26-23(28)17-8-10-25-22(13-17)29-19-9-11-30-14-19/h2-8,10,12-13,19H,9,11,14H2,1H3,(H,26,28). The largest absolute Gasteiger partial charge is 0.473 e. The van der Waals surface area contributed by atoms with Crippen molar-refractivity contribution in [2.24, 2.45) is 0 Å². The van der Waals surface area contributed by atoms with E-state index in [2.05, 4.69) is 35.4 Å². The van der Waals surface area contributed by atoms with Gasteiger partial charge in [-0.3, -0.25) is 4.79 Å². The Balaban J connectivity index is 1.28. The number of carbonyl (C=O) groups excluding carboxylic acids is 1. The molecule has 0 bridgehead atoms. The van der Waals surface area contributed by atoms with Crippen LogP contribution in [0.15, 0.2) is 60.8 Å². The average Bonchev–Trinajstić information content (AvgIpc) is 3.44. The number of carbonyl (C=O) groups is 1. The summed E-state index contributed by atoms with van der Waals surface area (Å²) in [5, 5.41) is 3.92. The first-order chi connectivity index (χ1) is 15.1. The second-order valence-corrected chi connectivity index (χ2v) is 9.69. The summed E-state index contributed by atoms with van der Waals surface area (Å²) in [5.41, 5.74) is 4.53. The zero-order valence-corrected chi connectivity index (χ0v) is 18.6. The topological polar surface area (TPSA) is 64.1 Å². The normalized spacial score (nSPS) is 15.8. The van der Waals surface area contributed by atoms with E-state index in [-0.39, 0.29) is 12.0 Å². The molecule has 2 aromatic carbocycles. The highest BCUT2D eigenvalue weighted by molar-refractivity contribution is 7.99. The minimum atomic E-state index is -0.184. The number of anilines is 1. The number of pyridine rings is 1. The summed E-state index contributed by atoms with van der Waals surface area (Å²) < 4.78 is 7.08. The second-order valence-electron chi connectivity index (χ2n) is 7.51. The zero-order chi connectivity index (χ0) is 21.2. The van der Waals surface area contributed by atoms with Crippen LogP contribution in [0.2, 0.25) is 0 Å². The van der Waals surface area contributed by atoms with Crippen LogP contribution in [-0.4, -0.2) is 33.5 Å². The van der Waals surface area contributed by atoms with Gasteiger partial charge in [0.15, 0.2) is 0 Å². The number of nitrogens with zero attached hydrogens (tertiary/aromatic N) is 2. The van der Waals surface area contributed by atoms with E-state index in [4.69, 9.17) is 9.72 Å². The maximum atomic E-state index is 12.7. The van der Waals surface area contributed by atoms with Crippen LogP contribution in [0.4, 0.5) is 5.69 Å². The van der Waals surface area contributed by atoms with Gasteiger partial charge in [0.05, 0.1) is 10.2 Å². The van der Waals surface area contributed by atoms with Crippen molar-refractivity contribution in [1.29, 1.82) is 0 Å². The monoisotopic (exact) mass is 447 g/mol. The van der Waals surface area contributed by atoms with Crippen LogP contribution in [0, 0.1) is 6.92 Å². The number of hydrogen-bond acceptors (Lipinski definition) is 6. The first-order valence-corrected chi connectivity index (χ1v) is 12.1. The van der Waals surface area contributed by atoms with E-state index in [1.807, 2.05) is 36.0 Å². The fourth-order valence-electron chi connectivity index (χ4n) is 3.45. The molecule has 0 spiro atoms. The molecule has 5 rings (SSSR count). The summed E-state index contributed by atoms with van der Waals surface area (Å²) >= 11 is 3.55. The molecule has 0 aliphatic carbocycles. The van der Waals surface area contributed by atoms with Gasteiger partial charge in [-0.25, -0.2) is 9.97 Å². The zero-order valence-electron chi connectivity index (χ0n) is 17.0. The van der Waals surface area contributed by atoms with Crippen LogP contribution in [0.1, 0.15) is 22.3 Å². The molecule has 0 saturated carbocycles. The number of thiazole rings is 1. The summed E-state index contributed by atoms with van der Waals surface area (Å²) in [6, 6.07) is 17.5. The molecule has 2 aromatic heterocycles. The Morgan fingerprint density at radius 1 is 1.13 bits per heavy atom. The van der Waals surface area contributed by atoms with Crippen LogP contribution in [-0.2, 0) is 0 Å². The molecule has 31 heavy (non-hydrogen) atoms. The van der Waals surface area contributed by atoms with Crippen molar-refractivity contribution < 1.29 is 9.53 Å². The van der Waals surface area contributed by atoms with E-state index >= 15 is 0 Å². The molecular formula is C24H21N3O2S2. The maximum absolute atomic E-state index is 12.7. The molecule has 0 radical (unpaired) electrons. The number of nitrogens with one attached hydrogen (secondary N) is 1. The third-order valence-corrected chi connectivity index (χ3v) is 7.31. The van der Waals surface area contributed by atoms with Crippen molar-refractivity contribution in [1.82, 2.24) is 9.97 Å². The van der Waals surface area contributed by atoms with Gasteiger partial charge >= 0.3 is 0 Å². The Bertz CT molecular complexity index is 1230. The van der Waals surface area contributed by atoms with Crippen molar-refractivity contribution in [2.75, 3.05) is 16.8 Å². The molecule has 1 N–H and O–H groups in total. The van der Waals surface area contributed by atoms with Crippen molar-refractivity contribution in [3.8, 4) is 16.5 Å². The van der Waals surface area contributed by atoms with E-state index in [1.54, 1.807) is 29.7 Å². The van der Waals surface area contributed by atoms with Gasteiger partial charge in [-0.2, -0.15) is 11.8 Å². The molecule has 7 heteroatoms. The number of amides is 1. The highest BCUT2D eigenvalue weighted by atomic mass is 32.2. The van der Waals surface area contributed by atoms with Crippen LogP contribution in [0.5, 0.6) is 5.88 Å². The first kappa shape index (κ1) is 20.0. The summed E-state index contributed by atoms with van der Waals surface area (Å²) in [7, 11) is 0. The second kappa shape index (κ2) is 8.69. The molecule has 1 aliphatic heterocycles. The molecule has 5 nitrogen and oxygen atoms in total. The number of ether oxygens (including phenoxy) is 1. The van der Waals surface area contributed by atoms with Crippen LogP contribution in [0.25, 0.3) is 20.8 Å². The van der Waals surface area contributed by atoms with Gasteiger partial charge < -0.3 is 10.1 Å². The van der Waals surface area contributed by atoms with Crippen molar-refractivity contribution in [3.05, 3.63) is 71.9 Å². The van der Waals surface area contributed by atoms with Crippen LogP contribution >= 0.6 is 23.1 Å². The minimum Gasteiger partial charge on any atom is -0.473 e. The summed E-state index contributed by atoms with van der Waals surface area (Å²) in [4.78, 5) is 21.7. The molecule has 1 saturated heterocycles. The molecule has 3 heterocycles. The molecule has 156 valence electrons. The van der Waals surface area contributed by atoms with Gasteiger partial charge in [0.1, 0.15) is 11.1 Å². The van der Waals surface area contributed by atoms with E-state index in [0.29, 0.717) is 11.4 Å². The fraction of sp³-hybridized carbons (Fsp3) is 0.208. The Morgan fingerprint density at radius 2 is 2.00 bits per heavy atom. The van der Waals surface area contributed by atoms with Gasteiger partial charge in [0, 0.05) is 34.8 Å². The number of rotatable bonds is 5. The summed E-state index contributed by atoms with van der Waals surface area (Å²) in [6.45, 7) is 2.09. The van der Waals surface area contributed by atoms with Crippen LogP contribution in [0.3, 0.4) is 0 Å². The van der Waals surface area contributed by atoms with Crippen molar-refractivity contribution in [2.45, 2.75) is 19.4 Å². The third-order valence-electron chi connectivity index (χ3n) is 5.11. The lowest BCUT2D eigenvalue weighted by Crippen LogP contribution is -2.17. The summed E-state index contributed by atoms with van der Waals surface area (Å²) in [5.74, 6) is 2.40. The number of aryl methyl sites for hydroxylation is 1. The first-order valence-electron chi connectivity index (χ1n) is 10.1. The lowest BCUT2D eigenvalue weighted by Gasteiger charge is -2.12. The predicted molar refractivity (Wildman–Crippen MR) is 128 cm³/mol. The van der Waals surface area contributed by atoms with Crippen molar-refractivity contribution >= 4 is 44.9 Å². The number of hydrogen-bond donors (Lipinski definition) is 1. The molecule has 1 unspecified atom stereocenters. The lowest BCUT2D eigenvalue weighted by atomic mass is 10.2. The minimum absolute atomic E-state index is 0.176. The van der Waals surface area contributed by atoms with Gasteiger partial charge in [-0.1, -0.05) is 6.07 Å². The third kappa shape index (κ3) is 4.57. The maximum Gasteiger partial charge on any atom is 0.255 e. The van der Waals surface area contributed by atoms with Gasteiger partial charge in [0.2, 0.25) is 5.88 Å². The predicted octanol–water partition coefficient (Wildman–Crippen LogP) is 5.80. The highest BCUT2D eigenvalue weighted by Crippen LogP contribution is 2.31. The molecule has 1 aliphatic rings. The summed E-state index contributed by atoms with van der Waals surface area (Å²) in [6.07, 6.45) is 2.81. The molecular weight excluding hydrogens is 426 g/mol. The Morgan fingerprint density at radius 3 is 2.81 bits per heavy atom. The Kier molecular flexibility index (Phi) is 5.61. The molecule has 1 amide bonds. The number of aromatic nitrogens is 2. The average molecular weight is 448 g/mol. The van der Waals surface area contributed by atoms with E-state index < -0.39 is 0 Å². The van der Waals surface area contributed by atoms with Gasteiger partial charge in [-0.15, -0.1) is 11.3 Å². The molecule has 1 atom stereocenters. The molecule has 1 fully saturated rings. The number of benzene rings is 2. The SMILES string of the molecule is Cc1ccc2nc(-c3ccc(NC(=O)c4ccnc(OC5CCSC5)c4)cc3)sc2c1. The Hall–Kier alpha value is -2.90. The highest BCUT2D eigenvalue weighted by Gasteiger charge is 2.18. The van der Waals surface area contributed by atoms with Gasteiger partial charge in [0.25, 0.3) is 5.91 Å². The quantitative estimate of drug-likeness (QED) is 0.419. The number of thioether (sulfide) groups is 1. The molecule has 4 aromatic rings. The Labute approximate surface area is 188 Å². The van der Waals surface area contributed by atoms with Crippen molar-refractivity contribution in [3.63, 3.8) is 0 Å². The lowest BCUT2D eigenvalue weighted by molar-refractivity contribution is 0.102. The smallest absolute Gasteiger partial charge is 0.255 e. The van der Waals surface area contributed by atoms with Crippen LogP contribution < -0.4 is 10.1 Å². The van der Waals surface area contributed by atoms with E-state index in [9.17, 15) is 4.79 Å². The van der Waals surface area contributed by atoms with E-state index in [1.165, 1.54) is 10.3 Å². The van der Waals surface area contributed by atoms with E-state index in [0.717, 1.165) is 39.7 Å². The fourth-order valence-corrected chi connectivity index (χ4v) is 5.61. The van der Waals surface area contributed by atoms with Gasteiger partial charge in [-0.05, 0) is 67.1 Å².